The predicted molar refractivity (Wildman–Crippen MR) is 39.9 cm³/mol. The van der Waals surface area contributed by atoms with Crippen LogP contribution in [0.2, 0.25) is 0 Å². The largest absolute Gasteiger partial charge is 0.364 e. The molecule has 0 aromatic rings. The van der Waals surface area contributed by atoms with Crippen LogP contribution in [0.25, 0.3) is 0 Å². The van der Waals surface area contributed by atoms with E-state index in [1.807, 2.05) is 0 Å². The molecule has 1 rings (SSSR count). The Bertz CT molecular complexity index is 102. The van der Waals surface area contributed by atoms with Gasteiger partial charge >= 0.3 is 0 Å². The van der Waals surface area contributed by atoms with Crippen LogP contribution in [0.15, 0.2) is 0 Å². The third-order valence-corrected chi connectivity index (χ3v) is 1.81. The molecule has 0 N–H and O–H groups in total. The number of rotatable bonds is 1. The van der Waals surface area contributed by atoms with E-state index in [0.717, 1.165) is 13.1 Å². The zero-order valence-electron chi connectivity index (χ0n) is 6.93. The number of hydrogen-bond donors (Lipinski definition) is 0. The summed E-state index contributed by atoms with van der Waals surface area (Å²) in [6, 6.07) is 0.668. The maximum absolute atomic E-state index is 3.96. The first kappa shape index (κ1) is 11.1. The van der Waals surface area contributed by atoms with Gasteiger partial charge in [-0.05, 0) is 26.9 Å². The third kappa shape index (κ3) is 2.60. The smallest absolute Gasteiger partial charge is 0.00349 e. The molecule has 57 valence electrons. The molecular weight excluding hydrogens is 199 g/mol. The zero-order chi connectivity index (χ0) is 7.07. The molecule has 0 unspecified atom stereocenters. The molecule has 0 saturated carbocycles. The molecular formula is C8H15NY-2. The molecule has 1 aliphatic rings. The molecule has 0 spiro atoms. The van der Waals surface area contributed by atoms with Gasteiger partial charge in [-0.15, -0.1) is 0 Å². The summed E-state index contributed by atoms with van der Waals surface area (Å²) in [5.74, 6) is 0. The predicted octanol–water partition coefficient (Wildman–Crippen LogP) is 1.36. The van der Waals surface area contributed by atoms with Crippen molar-refractivity contribution in [2.24, 2.45) is 5.41 Å². The molecule has 2 heteroatoms. The second kappa shape index (κ2) is 3.64. The summed E-state index contributed by atoms with van der Waals surface area (Å²) in [6.07, 6.45) is 0. The maximum atomic E-state index is 3.96. The molecule has 0 atom stereocenters. The van der Waals surface area contributed by atoms with Gasteiger partial charge in [0.2, 0.25) is 0 Å². The normalized spacial score (nSPS) is 23.7. The minimum Gasteiger partial charge on any atom is -0.364 e. The third-order valence-electron chi connectivity index (χ3n) is 1.81. The van der Waals surface area contributed by atoms with Crippen LogP contribution < -0.4 is 0 Å². The summed E-state index contributed by atoms with van der Waals surface area (Å²) in [5, 5.41) is 0. The summed E-state index contributed by atoms with van der Waals surface area (Å²) < 4.78 is 0. The molecule has 0 aromatic carbocycles. The summed E-state index contributed by atoms with van der Waals surface area (Å²) in [7, 11) is 0. The van der Waals surface area contributed by atoms with Crippen LogP contribution in [0.4, 0.5) is 0 Å². The van der Waals surface area contributed by atoms with Gasteiger partial charge in [0.1, 0.15) is 0 Å². The van der Waals surface area contributed by atoms with E-state index in [4.69, 9.17) is 0 Å². The van der Waals surface area contributed by atoms with Gasteiger partial charge in [0.05, 0.1) is 0 Å². The number of hydrogen-bond acceptors (Lipinski definition) is 1. The molecule has 1 aliphatic heterocycles. The van der Waals surface area contributed by atoms with Gasteiger partial charge in [0.25, 0.3) is 0 Å². The van der Waals surface area contributed by atoms with Gasteiger partial charge in [-0.25, -0.2) is 0 Å². The Labute approximate surface area is 89.4 Å². The van der Waals surface area contributed by atoms with E-state index in [-0.39, 0.29) is 38.1 Å². The van der Waals surface area contributed by atoms with Crippen LogP contribution in [0, 0.1) is 19.3 Å². The molecule has 0 amide bonds. The fraction of sp³-hybridized carbons (Fsp3) is 0.750. The molecule has 0 bridgehead atoms. The van der Waals surface area contributed by atoms with Crippen LogP contribution >= 0.6 is 0 Å². The SMILES string of the molecule is [CH2-]C1([CH2-])CN(C(C)C)C1.[Y]. The summed E-state index contributed by atoms with van der Waals surface area (Å²) in [4.78, 5) is 2.38. The van der Waals surface area contributed by atoms with Crippen molar-refractivity contribution in [2.45, 2.75) is 19.9 Å². The average molecular weight is 214 g/mol. The van der Waals surface area contributed by atoms with Gasteiger partial charge < -0.3 is 18.7 Å². The molecule has 1 saturated heterocycles. The minimum absolute atomic E-state index is 0. The van der Waals surface area contributed by atoms with Crippen molar-refractivity contribution >= 4 is 0 Å². The Morgan fingerprint density at radius 1 is 1.30 bits per heavy atom. The van der Waals surface area contributed by atoms with Crippen LogP contribution in [0.3, 0.4) is 0 Å². The molecule has 0 aromatic heterocycles. The van der Waals surface area contributed by atoms with Gasteiger partial charge in [0, 0.05) is 38.8 Å². The van der Waals surface area contributed by atoms with E-state index in [1.165, 1.54) is 0 Å². The van der Waals surface area contributed by atoms with Crippen LogP contribution in [-0.4, -0.2) is 24.0 Å². The van der Waals surface area contributed by atoms with Crippen molar-refractivity contribution in [3.8, 4) is 0 Å². The van der Waals surface area contributed by atoms with E-state index in [0.29, 0.717) is 6.04 Å². The molecule has 1 nitrogen and oxygen atoms in total. The Balaban J connectivity index is 0.000000810. The van der Waals surface area contributed by atoms with Gasteiger partial charge in [-0.1, -0.05) is 0 Å². The molecule has 1 fully saturated rings. The number of likely N-dealkylation sites (tertiary alicyclic amines) is 1. The monoisotopic (exact) mass is 214 g/mol. The molecule has 10 heavy (non-hydrogen) atoms. The van der Waals surface area contributed by atoms with Crippen molar-refractivity contribution < 1.29 is 32.7 Å². The molecule has 0 aliphatic carbocycles. The van der Waals surface area contributed by atoms with E-state index >= 15 is 0 Å². The first-order chi connectivity index (χ1) is 4.01. The van der Waals surface area contributed by atoms with Crippen molar-refractivity contribution in [1.29, 1.82) is 0 Å². The summed E-state index contributed by atoms with van der Waals surface area (Å²) in [6.45, 7) is 14.4. The van der Waals surface area contributed by atoms with Crippen molar-refractivity contribution in [2.75, 3.05) is 13.1 Å². The Kier molecular flexibility index (Phi) is 4.03. The van der Waals surface area contributed by atoms with Gasteiger partial charge in [-0.3, -0.25) is 5.41 Å². The Morgan fingerprint density at radius 3 is 1.80 bits per heavy atom. The Morgan fingerprint density at radius 2 is 1.70 bits per heavy atom. The molecule has 1 heterocycles. The zero-order valence-corrected chi connectivity index (χ0v) is 9.77. The average Bonchev–Trinajstić information content (AvgIpc) is 1.59. The minimum atomic E-state index is 0. The first-order valence-corrected chi connectivity index (χ1v) is 3.46. The molecule has 1 radical (unpaired) electrons. The summed E-state index contributed by atoms with van der Waals surface area (Å²) in [5.41, 5.74) is 0.101. The van der Waals surface area contributed by atoms with E-state index in [1.54, 1.807) is 0 Å². The standard InChI is InChI=1S/C8H15N.Y/c1-7(2)9-5-8(3,4)6-9;/h7H,3-6H2,1-2H3;/q-2;. The quantitative estimate of drug-likeness (QED) is 0.596. The topological polar surface area (TPSA) is 3.24 Å². The maximum Gasteiger partial charge on any atom is 0.00349 e. The fourth-order valence-electron chi connectivity index (χ4n) is 1.18. The van der Waals surface area contributed by atoms with Crippen molar-refractivity contribution in [3.63, 3.8) is 0 Å². The van der Waals surface area contributed by atoms with Crippen LogP contribution in [0.1, 0.15) is 13.8 Å². The first-order valence-electron chi connectivity index (χ1n) is 3.46. The van der Waals surface area contributed by atoms with Crippen LogP contribution in [-0.2, 0) is 32.7 Å². The van der Waals surface area contributed by atoms with Gasteiger partial charge in [-0.2, -0.15) is 0 Å². The Hall–Kier alpha value is 1.06. The summed E-state index contributed by atoms with van der Waals surface area (Å²) >= 11 is 0. The fourth-order valence-corrected chi connectivity index (χ4v) is 1.18. The van der Waals surface area contributed by atoms with E-state index < -0.39 is 0 Å². The van der Waals surface area contributed by atoms with Crippen molar-refractivity contribution in [1.82, 2.24) is 4.90 Å². The number of nitrogens with zero attached hydrogens (tertiary/aromatic N) is 1. The van der Waals surface area contributed by atoms with Crippen LogP contribution in [0.5, 0.6) is 0 Å². The van der Waals surface area contributed by atoms with Gasteiger partial charge in [0.15, 0.2) is 0 Å². The van der Waals surface area contributed by atoms with E-state index in [9.17, 15) is 0 Å². The van der Waals surface area contributed by atoms with Crippen molar-refractivity contribution in [3.05, 3.63) is 13.8 Å². The second-order valence-electron chi connectivity index (χ2n) is 3.50. The van der Waals surface area contributed by atoms with E-state index in [2.05, 4.69) is 32.6 Å². The second-order valence-corrected chi connectivity index (χ2v) is 3.50.